The van der Waals surface area contributed by atoms with Gasteiger partial charge in [-0.15, -0.1) is 0 Å². The van der Waals surface area contributed by atoms with Crippen molar-refractivity contribution in [2.45, 2.75) is 19.3 Å². The average Bonchev–Trinajstić information content (AvgIpc) is 2.48. The molecule has 0 saturated heterocycles. The molecule has 1 heteroatoms. The van der Waals surface area contributed by atoms with E-state index in [0.29, 0.717) is 0 Å². The number of rotatable bonds is 5. The minimum absolute atomic E-state index is 0.0350. The zero-order valence-electron chi connectivity index (χ0n) is 12.1. The Balaban J connectivity index is 2.44. The fourth-order valence-electron chi connectivity index (χ4n) is 2.61. The van der Waals surface area contributed by atoms with Gasteiger partial charge in [-0.2, -0.15) is 0 Å². The van der Waals surface area contributed by atoms with Gasteiger partial charge < -0.3 is 4.90 Å². The molecule has 2 rings (SSSR count). The highest BCUT2D eigenvalue weighted by Crippen LogP contribution is 2.32. The lowest BCUT2D eigenvalue weighted by Crippen LogP contribution is -2.37. The molecule has 0 aliphatic carbocycles. The van der Waals surface area contributed by atoms with Gasteiger partial charge in [-0.1, -0.05) is 74.5 Å². The third-order valence-electron chi connectivity index (χ3n) is 3.95. The monoisotopic (exact) mass is 253 g/mol. The third kappa shape index (κ3) is 3.05. The van der Waals surface area contributed by atoms with Gasteiger partial charge in [0.05, 0.1) is 0 Å². The second-order valence-electron chi connectivity index (χ2n) is 5.39. The Bertz CT molecular complexity index is 450. The predicted molar refractivity (Wildman–Crippen MR) is 82.5 cm³/mol. The Kier molecular flexibility index (Phi) is 4.39. The molecular weight excluding hydrogens is 230 g/mol. The molecule has 100 valence electrons. The zero-order valence-corrected chi connectivity index (χ0v) is 12.1. The molecule has 2 aromatic rings. The SMILES string of the molecule is CCN(C)CC(C)(c1ccccc1)c1ccccc1. The average molecular weight is 253 g/mol. The second-order valence-corrected chi connectivity index (χ2v) is 5.39. The van der Waals surface area contributed by atoms with Crippen LogP contribution in [0.1, 0.15) is 25.0 Å². The van der Waals surface area contributed by atoms with Gasteiger partial charge in [0.2, 0.25) is 0 Å². The molecule has 0 fully saturated rings. The van der Waals surface area contributed by atoms with Crippen molar-refractivity contribution >= 4 is 0 Å². The van der Waals surface area contributed by atoms with Crippen LogP contribution in [0.3, 0.4) is 0 Å². The van der Waals surface area contributed by atoms with E-state index >= 15 is 0 Å². The predicted octanol–water partition coefficient (Wildman–Crippen LogP) is 3.94. The Hall–Kier alpha value is -1.60. The summed E-state index contributed by atoms with van der Waals surface area (Å²) in [5.74, 6) is 0. The van der Waals surface area contributed by atoms with Gasteiger partial charge in [0.15, 0.2) is 0 Å². The smallest absolute Gasteiger partial charge is 0.0301 e. The summed E-state index contributed by atoms with van der Waals surface area (Å²) in [6.07, 6.45) is 0. The van der Waals surface area contributed by atoms with E-state index < -0.39 is 0 Å². The maximum absolute atomic E-state index is 2.38. The summed E-state index contributed by atoms with van der Waals surface area (Å²) in [7, 11) is 2.18. The molecule has 0 heterocycles. The molecular formula is C18H23N. The number of hydrogen-bond acceptors (Lipinski definition) is 1. The molecule has 0 aliphatic heterocycles. The summed E-state index contributed by atoms with van der Waals surface area (Å²) >= 11 is 0. The summed E-state index contributed by atoms with van der Waals surface area (Å²) in [4.78, 5) is 2.38. The van der Waals surface area contributed by atoms with Crippen molar-refractivity contribution in [3.05, 3.63) is 71.8 Å². The van der Waals surface area contributed by atoms with Gasteiger partial charge in [0.25, 0.3) is 0 Å². The lowest BCUT2D eigenvalue weighted by Gasteiger charge is -2.34. The largest absolute Gasteiger partial charge is 0.305 e. The van der Waals surface area contributed by atoms with Crippen LogP contribution in [0.15, 0.2) is 60.7 Å². The van der Waals surface area contributed by atoms with Crippen molar-refractivity contribution in [2.24, 2.45) is 0 Å². The van der Waals surface area contributed by atoms with E-state index in [1.165, 1.54) is 11.1 Å². The minimum Gasteiger partial charge on any atom is -0.305 e. The van der Waals surface area contributed by atoms with Crippen molar-refractivity contribution in [1.29, 1.82) is 0 Å². The number of hydrogen-bond donors (Lipinski definition) is 0. The normalized spacial score (nSPS) is 11.8. The molecule has 0 unspecified atom stereocenters. The first-order valence-corrected chi connectivity index (χ1v) is 6.96. The van der Waals surface area contributed by atoms with E-state index in [1.54, 1.807) is 0 Å². The van der Waals surface area contributed by atoms with E-state index in [1.807, 2.05) is 0 Å². The summed E-state index contributed by atoms with van der Waals surface area (Å²) in [5, 5.41) is 0. The van der Waals surface area contributed by atoms with E-state index in [-0.39, 0.29) is 5.41 Å². The molecule has 0 saturated carbocycles. The van der Waals surface area contributed by atoms with Gasteiger partial charge in [-0.05, 0) is 24.7 Å². The van der Waals surface area contributed by atoms with Crippen LogP contribution in [0.5, 0.6) is 0 Å². The number of benzene rings is 2. The van der Waals surface area contributed by atoms with Crippen molar-refractivity contribution in [3.63, 3.8) is 0 Å². The number of nitrogens with zero attached hydrogens (tertiary/aromatic N) is 1. The van der Waals surface area contributed by atoms with E-state index in [4.69, 9.17) is 0 Å². The van der Waals surface area contributed by atoms with Crippen molar-refractivity contribution in [2.75, 3.05) is 20.1 Å². The van der Waals surface area contributed by atoms with E-state index in [0.717, 1.165) is 13.1 Å². The summed E-state index contributed by atoms with van der Waals surface area (Å²) in [5.41, 5.74) is 2.79. The zero-order chi connectivity index (χ0) is 13.7. The molecule has 0 aromatic heterocycles. The molecule has 0 amide bonds. The van der Waals surface area contributed by atoms with Crippen LogP contribution in [0.4, 0.5) is 0 Å². The molecule has 19 heavy (non-hydrogen) atoms. The van der Waals surface area contributed by atoms with Crippen LogP contribution in [0.25, 0.3) is 0 Å². The quantitative estimate of drug-likeness (QED) is 0.780. The summed E-state index contributed by atoms with van der Waals surface area (Å²) < 4.78 is 0. The molecule has 0 spiro atoms. The molecule has 0 aliphatic rings. The van der Waals surface area contributed by atoms with Gasteiger partial charge >= 0.3 is 0 Å². The summed E-state index contributed by atoms with van der Waals surface area (Å²) in [6.45, 7) is 6.63. The first-order valence-electron chi connectivity index (χ1n) is 6.96. The van der Waals surface area contributed by atoms with Crippen LogP contribution < -0.4 is 0 Å². The summed E-state index contributed by atoms with van der Waals surface area (Å²) in [6, 6.07) is 21.6. The number of likely N-dealkylation sites (N-methyl/N-ethyl adjacent to an activating group) is 1. The first kappa shape index (κ1) is 13.8. The molecule has 2 aromatic carbocycles. The highest BCUT2D eigenvalue weighted by atomic mass is 15.1. The van der Waals surface area contributed by atoms with Crippen LogP contribution in [-0.2, 0) is 5.41 Å². The van der Waals surface area contributed by atoms with Crippen molar-refractivity contribution in [1.82, 2.24) is 4.90 Å². The topological polar surface area (TPSA) is 3.24 Å². The first-order chi connectivity index (χ1) is 9.16. The molecule has 0 atom stereocenters. The standard InChI is InChI=1S/C18H23N/c1-4-19(3)15-18(2,16-11-7-5-8-12-16)17-13-9-6-10-14-17/h5-14H,4,15H2,1-3H3. The molecule has 1 nitrogen and oxygen atoms in total. The Labute approximate surface area is 116 Å². The Morgan fingerprint density at radius 2 is 1.26 bits per heavy atom. The minimum atomic E-state index is 0.0350. The molecule has 0 N–H and O–H groups in total. The van der Waals surface area contributed by atoms with Crippen LogP contribution in [-0.4, -0.2) is 25.0 Å². The lowest BCUT2D eigenvalue weighted by atomic mass is 9.76. The van der Waals surface area contributed by atoms with Gasteiger partial charge in [0.1, 0.15) is 0 Å². The fraction of sp³-hybridized carbons (Fsp3) is 0.333. The van der Waals surface area contributed by atoms with E-state index in [2.05, 4.69) is 86.5 Å². The van der Waals surface area contributed by atoms with Crippen LogP contribution in [0.2, 0.25) is 0 Å². The lowest BCUT2D eigenvalue weighted by molar-refractivity contribution is 0.293. The highest BCUT2D eigenvalue weighted by Gasteiger charge is 2.29. The van der Waals surface area contributed by atoms with Crippen molar-refractivity contribution in [3.8, 4) is 0 Å². The third-order valence-corrected chi connectivity index (χ3v) is 3.95. The Morgan fingerprint density at radius 1 is 0.842 bits per heavy atom. The highest BCUT2D eigenvalue weighted by molar-refractivity contribution is 5.38. The van der Waals surface area contributed by atoms with Gasteiger partial charge in [0, 0.05) is 12.0 Å². The molecule has 0 bridgehead atoms. The van der Waals surface area contributed by atoms with Gasteiger partial charge in [-0.25, -0.2) is 0 Å². The fourth-order valence-corrected chi connectivity index (χ4v) is 2.61. The molecule has 0 radical (unpaired) electrons. The maximum Gasteiger partial charge on any atom is 0.0301 e. The maximum atomic E-state index is 2.38. The second kappa shape index (κ2) is 6.03. The van der Waals surface area contributed by atoms with Crippen molar-refractivity contribution < 1.29 is 0 Å². The Morgan fingerprint density at radius 3 is 1.63 bits per heavy atom. The van der Waals surface area contributed by atoms with Crippen LogP contribution >= 0.6 is 0 Å². The van der Waals surface area contributed by atoms with Gasteiger partial charge in [-0.3, -0.25) is 0 Å². The van der Waals surface area contributed by atoms with Crippen LogP contribution in [0, 0.1) is 0 Å². The van der Waals surface area contributed by atoms with E-state index in [9.17, 15) is 0 Å².